The molecule has 2 bridgehead atoms. The number of H-pyrrole nitrogens is 1. The Morgan fingerprint density at radius 1 is 1.57 bits per heavy atom. The first-order valence-corrected chi connectivity index (χ1v) is 8.30. The first-order chi connectivity index (χ1) is 10.8. The third-order valence-corrected chi connectivity index (χ3v) is 4.49. The molecule has 0 spiro atoms. The molecule has 2 aliphatic rings. The number of hydrogen-bond donors (Lipinski definition) is 4. The summed E-state index contributed by atoms with van der Waals surface area (Å²) in [5, 5.41) is 2.19. The highest BCUT2D eigenvalue weighted by molar-refractivity contribution is 7.49. The molecule has 0 aromatic carbocycles. The maximum Gasteiger partial charge on any atom is 0.400 e. The highest BCUT2D eigenvalue weighted by atomic mass is 31.2. The number of ether oxygens (including phenoxy) is 3. The summed E-state index contributed by atoms with van der Waals surface area (Å²) in [5.74, 6) is 0. The number of aromatic amines is 1. The molecule has 3 heterocycles. The van der Waals surface area contributed by atoms with Gasteiger partial charge in [-0.1, -0.05) is 0 Å². The minimum atomic E-state index is -4.56. The lowest BCUT2D eigenvalue weighted by Gasteiger charge is -2.31. The van der Waals surface area contributed by atoms with Gasteiger partial charge in [0.25, 0.3) is 5.56 Å². The Morgan fingerprint density at radius 3 is 2.91 bits per heavy atom. The Hall–Kier alpha value is -1.33. The van der Waals surface area contributed by atoms with E-state index >= 15 is 0 Å². The van der Waals surface area contributed by atoms with Crippen molar-refractivity contribution >= 4 is 7.75 Å². The van der Waals surface area contributed by atoms with Crippen LogP contribution in [0.15, 0.2) is 21.9 Å². The summed E-state index contributed by atoms with van der Waals surface area (Å²) in [6, 6.07) is 0.262. The normalized spacial score (nSPS) is 33.3. The van der Waals surface area contributed by atoms with Crippen molar-refractivity contribution in [2.24, 2.45) is 0 Å². The predicted molar refractivity (Wildman–Crippen MR) is 74.8 cm³/mol. The Bertz CT molecular complexity index is 756. The average molecular weight is 349 g/mol. The Balaban J connectivity index is 1.98. The van der Waals surface area contributed by atoms with Crippen LogP contribution < -0.4 is 16.3 Å². The molecule has 0 aliphatic carbocycles. The Kier molecular flexibility index (Phi) is 4.05. The van der Waals surface area contributed by atoms with Gasteiger partial charge >= 0.3 is 13.4 Å². The van der Waals surface area contributed by atoms with Gasteiger partial charge in [0.15, 0.2) is 6.23 Å². The summed E-state index contributed by atoms with van der Waals surface area (Å²) in [6.45, 7) is 0.0630. The van der Waals surface area contributed by atoms with Gasteiger partial charge in [-0.25, -0.2) is 14.4 Å². The number of hydrogen-bond acceptors (Lipinski definition) is 6. The topological polar surface area (TPSA) is 152 Å². The van der Waals surface area contributed by atoms with Crippen molar-refractivity contribution in [1.29, 1.82) is 0 Å². The number of rotatable bonds is 5. The van der Waals surface area contributed by atoms with Crippen molar-refractivity contribution in [3.63, 3.8) is 0 Å². The number of nitrogens with zero attached hydrogens (tertiary/aromatic N) is 1. The average Bonchev–Trinajstić information content (AvgIpc) is 2.89. The maximum atomic E-state index is 11.9. The van der Waals surface area contributed by atoms with Gasteiger partial charge in [0.2, 0.25) is 0 Å². The van der Waals surface area contributed by atoms with E-state index in [1.165, 1.54) is 13.3 Å². The zero-order chi connectivity index (χ0) is 16.8. The molecule has 4 atom stereocenters. The molecule has 3 rings (SSSR count). The van der Waals surface area contributed by atoms with Crippen LogP contribution in [0.25, 0.3) is 0 Å². The molecule has 1 aromatic rings. The number of methoxy groups -OCH3 is 1. The molecule has 12 heteroatoms. The van der Waals surface area contributed by atoms with E-state index in [1.54, 1.807) is 0 Å². The van der Waals surface area contributed by atoms with E-state index in [2.05, 4.69) is 10.1 Å². The standard InChI is InChI=1S/C11H16N3O8P/c1-20-4-11-5-21-7(8(11)13-23(17,18)19)9(22-11)14-3-2-6(15)12-10(14)16/h2-3,7-9H,4-5H2,1H3,(H,12,15,16)(H3,13,17,18,19)/t7?,8-,9+,11-/m0/s1. The summed E-state index contributed by atoms with van der Waals surface area (Å²) in [6.07, 6.45) is -0.543. The van der Waals surface area contributed by atoms with Gasteiger partial charge in [-0.15, -0.1) is 0 Å². The smallest absolute Gasteiger partial charge is 0.382 e. The van der Waals surface area contributed by atoms with E-state index in [0.717, 1.165) is 10.6 Å². The van der Waals surface area contributed by atoms with E-state index < -0.39 is 43.0 Å². The molecule has 4 N–H and O–H groups in total. The van der Waals surface area contributed by atoms with Crippen molar-refractivity contribution < 1.29 is 28.6 Å². The molecular formula is C11H16N3O8P. The summed E-state index contributed by atoms with van der Waals surface area (Å²) in [7, 11) is -3.15. The quantitative estimate of drug-likeness (QED) is 0.438. The van der Waals surface area contributed by atoms with Crippen molar-refractivity contribution in [3.8, 4) is 0 Å². The van der Waals surface area contributed by atoms with Crippen LogP contribution in [0.2, 0.25) is 0 Å². The number of nitrogens with one attached hydrogen (secondary N) is 2. The molecule has 1 unspecified atom stereocenters. The largest absolute Gasteiger partial charge is 0.400 e. The van der Waals surface area contributed by atoms with Crippen molar-refractivity contribution in [2.75, 3.05) is 20.3 Å². The van der Waals surface area contributed by atoms with Gasteiger partial charge in [-0.05, 0) is 0 Å². The van der Waals surface area contributed by atoms with E-state index in [-0.39, 0.29) is 13.2 Å². The van der Waals surface area contributed by atoms with Crippen LogP contribution in [0.1, 0.15) is 6.23 Å². The van der Waals surface area contributed by atoms with Crippen LogP contribution in [0, 0.1) is 0 Å². The first kappa shape index (κ1) is 16.5. The fourth-order valence-corrected chi connectivity index (χ4v) is 3.75. The molecule has 23 heavy (non-hydrogen) atoms. The van der Waals surface area contributed by atoms with Gasteiger partial charge in [0.1, 0.15) is 11.7 Å². The molecule has 0 amide bonds. The summed E-state index contributed by atoms with van der Waals surface area (Å²) in [5.41, 5.74) is -2.42. The highest BCUT2D eigenvalue weighted by Gasteiger charge is 2.63. The van der Waals surface area contributed by atoms with E-state index in [1.807, 2.05) is 0 Å². The lowest BCUT2D eigenvalue weighted by Crippen LogP contribution is -2.50. The maximum absolute atomic E-state index is 11.9. The lowest BCUT2D eigenvalue weighted by atomic mass is 9.98. The van der Waals surface area contributed by atoms with E-state index in [0.29, 0.717) is 0 Å². The molecule has 2 fully saturated rings. The highest BCUT2D eigenvalue weighted by Crippen LogP contribution is 2.47. The van der Waals surface area contributed by atoms with Gasteiger partial charge in [-0.2, -0.15) is 0 Å². The van der Waals surface area contributed by atoms with Gasteiger partial charge in [0.05, 0.1) is 19.3 Å². The number of aromatic nitrogens is 2. The van der Waals surface area contributed by atoms with Gasteiger partial charge < -0.3 is 24.0 Å². The monoisotopic (exact) mass is 349 g/mol. The Labute approximate surface area is 129 Å². The second-order valence-corrected chi connectivity index (χ2v) is 6.80. The van der Waals surface area contributed by atoms with Crippen molar-refractivity contribution in [1.82, 2.24) is 14.6 Å². The van der Waals surface area contributed by atoms with Gasteiger partial charge in [0, 0.05) is 19.4 Å². The predicted octanol–water partition coefficient (Wildman–Crippen LogP) is -2.10. The zero-order valence-electron chi connectivity index (χ0n) is 12.0. The minimum absolute atomic E-state index is 0.00969. The molecule has 0 saturated carbocycles. The SMILES string of the molecule is COC[C@@]12COC([C@H](n3ccc(=O)[nH]c3=O)O1)[C@@H]2NP(=O)(O)O. The summed E-state index contributed by atoms with van der Waals surface area (Å²) in [4.78, 5) is 43.6. The Morgan fingerprint density at radius 2 is 2.30 bits per heavy atom. The molecule has 0 radical (unpaired) electrons. The molecule has 2 aliphatic heterocycles. The van der Waals surface area contributed by atoms with Crippen molar-refractivity contribution in [2.45, 2.75) is 24.0 Å². The van der Waals surface area contributed by atoms with Crippen LogP contribution in [-0.4, -0.2) is 57.4 Å². The molecule has 11 nitrogen and oxygen atoms in total. The fraction of sp³-hybridized carbons (Fsp3) is 0.636. The van der Waals surface area contributed by atoms with E-state index in [4.69, 9.17) is 14.2 Å². The third-order valence-electron chi connectivity index (χ3n) is 3.87. The molecule has 2 saturated heterocycles. The first-order valence-electron chi connectivity index (χ1n) is 6.69. The zero-order valence-corrected chi connectivity index (χ0v) is 12.9. The third kappa shape index (κ3) is 2.92. The molecular weight excluding hydrogens is 333 g/mol. The molecule has 1 aromatic heterocycles. The van der Waals surface area contributed by atoms with Crippen molar-refractivity contribution in [3.05, 3.63) is 33.1 Å². The van der Waals surface area contributed by atoms with Gasteiger partial charge in [-0.3, -0.25) is 14.3 Å². The van der Waals surface area contributed by atoms with Crippen LogP contribution in [0.3, 0.4) is 0 Å². The minimum Gasteiger partial charge on any atom is -0.382 e. The summed E-state index contributed by atoms with van der Waals surface area (Å²) >= 11 is 0. The van der Waals surface area contributed by atoms with E-state index in [9.17, 15) is 23.9 Å². The van der Waals surface area contributed by atoms with Crippen LogP contribution in [-0.2, 0) is 18.8 Å². The van der Waals surface area contributed by atoms with Crippen LogP contribution in [0.4, 0.5) is 0 Å². The second-order valence-electron chi connectivity index (χ2n) is 5.45. The summed E-state index contributed by atoms with van der Waals surface area (Å²) < 4.78 is 28.9. The second kappa shape index (κ2) is 5.64. The lowest BCUT2D eigenvalue weighted by molar-refractivity contribution is -0.188. The fourth-order valence-electron chi connectivity index (χ4n) is 3.01. The van der Waals surface area contributed by atoms with Crippen LogP contribution >= 0.6 is 7.75 Å². The number of fused-ring (bicyclic) bond motifs is 2. The van der Waals surface area contributed by atoms with Crippen LogP contribution in [0.5, 0.6) is 0 Å². The molecule has 128 valence electrons.